The Hall–Kier alpha value is -1.39. The Morgan fingerprint density at radius 2 is 1.90 bits per heavy atom. The van der Waals surface area contributed by atoms with Crippen molar-refractivity contribution in [3.8, 4) is 0 Å². The fraction of sp³-hybridized carbons (Fsp3) is 0.562. The number of aliphatic hydroxyl groups is 1. The smallest absolute Gasteiger partial charge is 0.236 e. The maximum Gasteiger partial charge on any atom is 0.236 e. The summed E-state index contributed by atoms with van der Waals surface area (Å²) in [4.78, 5) is 16.0. The van der Waals surface area contributed by atoms with Gasteiger partial charge in [-0.1, -0.05) is 43.7 Å². The zero-order valence-electron chi connectivity index (χ0n) is 12.6. The van der Waals surface area contributed by atoms with Crippen molar-refractivity contribution in [3.05, 3.63) is 35.9 Å². The Kier molecular flexibility index (Phi) is 7.92. The molecule has 0 saturated carbocycles. The Morgan fingerprint density at radius 1 is 1.20 bits per heavy atom. The van der Waals surface area contributed by atoms with E-state index in [2.05, 4.69) is 6.92 Å². The van der Waals surface area contributed by atoms with Crippen molar-refractivity contribution < 1.29 is 9.90 Å². The lowest BCUT2D eigenvalue weighted by Gasteiger charge is -2.24. The third-order valence-electron chi connectivity index (χ3n) is 3.29. The summed E-state index contributed by atoms with van der Waals surface area (Å²) in [5.41, 5.74) is 1.13. The topological polar surface area (TPSA) is 43.8 Å². The van der Waals surface area contributed by atoms with Gasteiger partial charge in [-0.25, -0.2) is 0 Å². The van der Waals surface area contributed by atoms with Crippen LogP contribution in [0.3, 0.4) is 0 Å². The molecule has 0 aliphatic heterocycles. The highest BCUT2D eigenvalue weighted by atomic mass is 16.3. The van der Waals surface area contributed by atoms with Gasteiger partial charge in [-0.05, 0) is 18.5 Å². The number of aliphatic hydroxyl groups excluding tert-OH is 1. The number of benzene rings is 1. The zero-order valence-corrected chi connectivity index (χ0v) is 12.6. The molecule has 0 aliphatic carbocycles. The van der Waals surface area contributed by atoms with E-state index in [4.69, 9.17) is 5.11 Å². The van der Waals surface area contributed by atoms with Crippen molar-refractivity contribution in [1.29, 1.82) is 0 Å². The number of carbonyl (C=O) groups excluding carboxylic acids is 1. The van der Waals surface area contributed by atoms with Gasteiger partial charge >= 0.3 is 0 Å². The summed E-state index contributed by atoms with van der Waals surface area (Å²) >= 11 is 0. The summed E-state index contributed by atoms with van der Waals surface area (Å²) in [6.45, 7) is 4.65. The van der Waals surface area contributed by atoms with E-state index in [0.29, 0.717) is 19.6 Å². The monoisotopic (exact) mass is 278 g/mol. The molecule has 0 atom stereocenters. The maximum absolute atomic E-state index is 12.2. The molecule has 4 nitrogen and oxygen atoms in total. The van der Waals surface area contributed by atoms with Crippen molar-refractivity contribution in [3.63, 3.8) is 0 Å². The summed E-state index contributed by atoms with van der Waals surface area (Å²) in [5, 5.41) is 9.06. The number of likely N-dealkylation sites (N-methyl/N-ethyl adjacent to an activating group) is 1. The molecule has 1 aromatic carbocycles. The van der Waals surface area contributed by atoms with Gasteiger partial charge in [-0.2, -0.15) is 0 Å². The van der Waals surface area contributed by atoms with E-state index in [0.717, 1.165) is 24.9 Å². The Morgan fingerprint density at radius 3 is 2.50 bits per heavy atom. The largest absolute Gasteiger partial charge is 0.395 e. The molecule has 4 heteroatoms. The summed E-state index contributed by atoms with van der Waals surface area (Å²) in [5.74, 6) is 0.0957. The molecule has 0 unspecified atom stereocenters. The number of nitrogens with zero attached hydrogens (tertiary/aromatic N) is 2. The molecular formula is C16H26N2O2. The van der Waals surface area contributed by atoms with E-state index in [1.54, 1.807) is 4.90 Å². The van der Waals surface area contributed by atoms with Crippen molar-refractivity contribution in [2.75, 3.05) is 33.3 Å². The quantitative estimate of drug-likeness (QED) is 0.748. The van der Waals surface area contributed by atoms with E-state index >= 15 is 0 Å². The second-order valence-electron chi connectivity index (χ2n) is 5.09. The minimum atomic E-state index is 0.0957. The lowest BCUT2D eigenvalue weighted by atomic mass is 10.2. The first-order valence-corrected chi connectivity index (χ1v) is 7.28. The van der Waals surface area contributed by atoms with Crippen LogP contribution in [0.5, 0.6) is 0 Å². The van der Waals surface area contributed by atoms with Gasteiger partial charge in [0.15, 0.2) is 0 Å². The van der Waals surface area contributed by atoms with Crippen LogP contribution >= 0.6 is 0 Å². The molecule has 0 aromatic heterocycles. The fourth-order valence-corrected chi connectivity index (χ4v) is 2.05. The summed E-state index contributed by atoms with van der Waals surface area (Å²) < 4.78 is 0. The van der Waals surface area contributed by atoms with Crippen LogP contribution in [0.15, 0.2) is 30.3 Å². The molecule has 1 N–H and O–H groups in total. The van der Waals surface area contributed by atoms with Gasteiger partial charge in [0.1, 0.15) is 0 Å². The van der Waals surface area contributed by atoms with Crippen LogP contribution < -0.4 is 0 Å². The normalized spacial score (nSPS) is 10.8. The molecule has 1 rings (SSSR count). The Bertz CT molecular complexity index is 381. The lowest BCUT2D eigenvalue weighted by molar-refractivity contribution is -0.131. The predicted octanol–water partition coefficient (Wildman–Crippen LogP) is 1.74. The molecule has 0 heterocycles. The van der Waals surface area contributed by atoms with Gasteiger partial charge in [-0.3, -0.25) is 9.69 Å². The highest BCUT2D eigenvalue weighted by Crippen LogP contribution is 2.04. The number of carbonyl (C=O) groups is 1. The van der Waals surface area contributed by atoms with Crippen LogP contribution in [-0.4, -0.2) is 54.1 Å². The van der Waals surface area contributed by atoms with Gasteiger partial charge < -0.3 is 10.0 Å². The average Bonchev–Trinajstić information content (AvgIpc) is 2.46. The SMILES string of the molecule is CCCCN(CCO)CC(=O)N(C)Cc1ccccc1. The van der Waals surface area contributed by atoms with Crippen LogP contribution in [-0.2, 0) is 11.3 Å². The van der Waals surface area contributed by atoms with Crippen LogP contribution in [0.1, 0.15) is 25.3 Å². The average molecular weight is 278 g/mol. The predicted molar refractivity (Wildman–Crippen MR) is 81.3 cm³/mol. The first kappa shape index (κ1) is 16.7. The van der Waals surface area contributed by atoms with Crippen LogP contribution in [0.4, 0.5) is 0 Å². The minimum absolute atomic E-state index is 0.0957. The number of amides is 1. The number of hydrogen-bond acceptors (Lipinski definition) is 3. The van der Waals surface area contributed by atoms with Crippen molar-refractivity contribution in [2.24, 2.45) is 0 Å². The standard InChI is InChI=1S/C16H26N2O2/c1-3-4-10-18(11-12-19)14-16(20)17(2)13-15-8-6-5-7-9-15/h5-9,19H,3-4,10-14H2,1-2H3. The van der Waals surface area contributed by atoms with Gasteiger partial charge in [0.05, 0.1) is 13.2 Å². The van der Waals surface area contributed by atoms with E-state index in [-0.39, 0.29) is 12.5 Å². The van der Waals surface area contributed by atoms with Gasteiger partial charge in [0.2, 0.25) is 5.91 Å². The van der Waals surface area contributed by atoms with Crippen molar-refractivity contribution in [2.45, 2.75) is 26.3 Å². The van der Waals surface area contributed by atoms with E-state index < -0.39 is 0 Å². The van der Waals surface area contributed by atoms with Crippen LogP contribution in [0.25, 0.3) is 0 Å². The third-order valence-corrected chi connectivity index (χ3v) is 3.29. The highest BCUT2D eigenvalue weighted by molar-refractivity contribution is 5.78. The third kappa shape index (κ3) is 6.17. The summed E-state index contributed by atoms with van der Waals surface area (Å²) in [6, 6.07) is 9.97. The van der Waals surface area contributed by atoms with E-state index in [1.165, 1.54) is 0 Å². The van der Waals surface area contributed by atoms with E-state index in [9.17, 15) is 4.79 Å². The Balaban J connectivity index is 2.46. The first-order valence-electron chi connectivity index (χ1n) is 7.28. The summed E-state index contributed by atoms with van der Waals surface area (Å²) in [6.07, 6.45) is 2.14. The van der Waals surface area contributed by atoms with Gasteiger partial charge in [-0.15, -0.1) is 0 Å². The van der Waals surface area contributed by atoms with Crippen molar-refractivity contribution in [1.82, 2.24) is 9.80 Å². The highest BCUT2D eigenvalue weighted by Gasteiger charge is 2.14. The first-order chi connectivity index (χ1) is 9.67. The van der Waals surface area contributed by atoms with E-state index in [1.807, 2.05) is 42.3 Å². The molecule has 0 spiro atoms. The van der Waals surface area contributed by atoms with Gasteiger partial charge in [0.25, 0.3) is 0 Å². The number of rotatable bonds is 9. The molecular weight excluding hydrogens is 252 g/mol. The maximum atomic E-state index is 12.2. The summed E-state index contributed by atoms with van der Waals surface area (Å²) in [7, 11) is 1.83. The van der Waals surface area contributed by atoms with Crippen LogP contribution in [0, 0.1) is 0 Å². The molecule has 112 valence electrons. The van der Waals surface area contributed by atoms with Crippen LogP contribution in [0.2, 0.25) is 0 Å². The lowest BCUT2D eigenvalue weighted by Crippen LogP contribution is -2.39. The molecule has 0 saturated heterocycles. The molecule has 0 radical (unpaired) electrons. The Labute approximate surface area is 122 Å². The number of hydrogen-bond donors (Lipinski definition) is 1. The molecule has 0 bridgehead atoms. The number of unbranched alkanes of at least 4 members (excludes halogenated alkanes) is 1. The second kappa shape index (κ2) is 9.50. The molecule has 1 aromatic rings. The molecule has 0 aliphatic rings. The molecule has 1 amide bonds. The van der Waals surface area contributed by atoms with Crippen molar-refractivity contribution >= 4 is 5.91 Å². The van der Waals surface area contributed by atoms with Gasteiger partial charge in [0, 0.05) is 20.1 Å². The zero-order chi connectivity index (χ0) is 14.8. The second-order valence-corrected chi connectivity index (χ2v) is 5.09. The minimum Gasteiger partial charge on any atom is -0.395 e. The fourth-order valence-electron chi connectivity index (χ4n) is 2.05. The molecule has 0 fully saturated rings. The molecule has 20 heavy (non-hydrogen) atoms.